The third-order valence-corrected chi connectivity index (χ3v) is 4.19. The molecule has 1 fully saturated rings. The highest BCUT2D eigenvalue weighted by Crippen LogP contribution is 2.24. The molecule has 2 rings (SSSR count). The quantitative estimate of drug-likeness (QED) is 0.845. The molecule has 1 saturated heterocycles. The van der Waals surface area contributed by atoms with Gasteiger partial charge in [-0.1, -0.05) is 0 Å². The normalized spacial score (nSPS) is 27.2. The van der Waals surface area contributed by atoms with Gasteiger partial charge in [-0.05, 0) is 26.0 Å². The molecular weight excluding hydrogens is 222 g/mol. The first-order chi connectivity index (χ1) is 7.59. The lowest BCUT2D eigenvalue weighted by atomic mass is 10.0. The number of aryl methyl sites for hydroxylation is 1. The van der Waals surface area contributed by atoms with E-state index < -0.39 is 5.60 Å². The monoisotopic (exact) mass is 241 g/mol. The molecule has 1 aromatic rings. The molecule has 4 heteroatoms. The Kier molecular flexibility index (Phi) is 3.64. The van der Waals surface area contributed by atoms with Crippen LogP contribution in [0.25, 0.3) is 0 Å². The van der Waals surface area contributed by atoms with E-state index in [9.17, 15) is 5.11 Å². The summed E-state index contributed by atoms with van der Waals surface area (Å²) in [4.78, 5) is 2.64. The van der Waals surface area contributed by atoms with Crippen LogP contribution in [0.5, 0.6) is 0 Å². The highest BCUT2D eigenvalue weighted by molar-refractivity contribution is 7.12. The van der Waals surface area contributed by atoms with Crippen molar-refractivity contribution in [2.45, 2.75) is 31.9 Å². The number of thiophene rings is 1. The van der Waals surface area contributed by atoms with Gasteiger partial charge < -0.3 is 15.2 Å². The third-order valence-electron chi connectivity index (χ3n) is 3.01. The van der Waals surface area contributed by atoms with Gasteiger partial charge in [0.2, 0.25) is 0 Å². The second kappa shape index (κ2) is 4.84. The van der Waals surface area contributed by atoms with Gasteiger partial charge in [0, 0.05) is 35.4 Å². The Morgan fingerprint density at radius 1 is 1.62 bits per heavy atom. The Balaban J connectivity index is 1.86. The first kappa shape index (κ1) is 12.0. The van der Waals surface area contributed by atoms with Gasteiger partial charge in [-0.15, -0.1) is 11.3 Å². The summed E-state index contributed by atoms with van der Waals surface area (Å²) in [7, 11) is 0. The fourth-order valence-corrected chi connectivity index (χ4v) is 2.77. The maximum Gasteiger partial charge on any atom is 0.103 e. The minimum Gasteiger partial charge on any atom is -0.386 e. The van der Waals surface area contributed by atoms with E-state index in [0.29, 0.717) is 25.8 Å². The molecule has 90 valence electrons. The molecule has 1 aliphatic rings. The van der Waals surface area contributed by atoms with Crippen LogP contribution < -0.4 is 5.32 Å². The highest BCUT2D eigenvalue weighted by Gasteiger charge is 2.32. The van der Waals surface area contributed by atoms with E-state index in [2.05, 4.69) is 31.3 Å². The van der Waals surface area contributed by atoms with Gasteiger partial charge >= 0.3 is 0 Å². The minimum atomic E-state index is -0.666. The van der Waals surface area contributed by atoms with E-state index in [4.69, 9.17) is 4.74 Å². The van der Waals surface area contributed by atoms with Crippen LogP contribution in [-0.4, -0.2) is 30.5 Å². The van der Waals surface area contributed by atoms with Crippen molar-refractivity contribution in [2.24, 2.45) is 0 Å². The molecule has 3 nitrogen and oxygen atoms in total. The Morgan fingerprint density at radius 3 is 3.00 bits per heavy atom. The van der Waals surface area contributed by atoms with E-state index in [1.54, 1.807) is 11.3 Å². The van der Waals surface area contributed by atoms with Gasteiger partial charge in [-0.25, -0.2) is 0 Å². The first-order valence-electron chi connectivity index (χ1n) is 5.69. The predicted octanol–water partition coefficient (Wildman–Crippen LogP) is 1.86. The molecule has 2 N–H and O–H groups in total. The van der Waals surface area contributed by atoms with Crippen molar-refractivity contribution < 1.29 is 9.84 Å². The molecule has 1 aliphatic heterocycles. The zero-order valence-electron chi connectivity index (χ0n) is 9.82. The molecular formula is C12H19NO2S. The summed E-state index contributed by atoms with van der Waals surface area (Å²) in [5.41, 5.74) is -0.666. The molecule has 2 heterocycles. The van der Waals surface area contributed by atoms with Gasteiger partial charge in [0.25, 0.3) is 0 Å². The zero-order chi connectivity index (χ0) is 11.6. The number of nitrogens with one attached hydrogen (secondary N) is 1. The Bertz CT molecular complexity index is 345. The van der Waals surface area contributed by atoms with Crippen LogP contribution in [0, 0.1) is 6.92 Å². The maximum atomic E-state index is 10.1. The van der Waals surface area contributed by atoms with Crippen LogP contribution in [0.3, 0.4) is 0 Å². The lowest BCUT2D eigenvalue weighted by molar-refractivity contribution is 0.0252. The van der Waals surface area contributed by atoms with Crippen LogP contribution in [0.1, 0.15) is 29.1 Å². The molecule has 0 radical (unpaired) electrons. The van der Waals surface area contributed by atoms with E-state index in [-0.39, 0.29) is 0 Å². The number of ether oxygens (including phenoxy) is 1. The summed E-state index contributed by atoms with van der Waals surface area (Å²) in [6.45, 7) is 5.97. The van der Waals surface area contributed by atoms with Crippen molar-refractivity contribution >= 4 is 11.3 Å². The van der Waals surface area contributed by atoms with Crippen LogP contribution in [0.2, 0.25) is 0 Å². The summed E-state index contributed by atoms with van der Waals surface area (Å²) >= 11 is 1.80. The van der Waals surface area contributed by atoms with Gasteiger partial charge in [0.1, 0.15) is 5.60 Å². The molecule has 0 spiro atoms. The number of aliphatic hydroxyl groups is 1. The highest BCUT2D eigenvalue weighted by atomic mass is 32.1. The van der Waals surface area contributed by atoms with Gasteiger partial charge in [0.15, 0.2) is 0 Å². The molecule has 0 amide bonds. The van der Waals surface area contributed by atoms with Gasteiger partial charge in [0.05, 0.1) is 6.61 Å². The van der Waals surface area contributed by atoms with Crippen LogP contribution in [-0.2, 0) is 4.74 Å². The molecule has 0 aromatic carbocycles. The van der Waals surface area contributed by atoms with Crippen molar-refractivity contribution in [2.75, 3.05) is 19.8 Å². The topological polar surface area (TPSA) is 41.5 Å². The van der Waals surface area contributed by atoms with E-state index in [1.165, 1.54) is 9.75 Å². The number of rotatable bonds is 4. The predicted molar refractivity (Wildman–Crippen MR) is 65.9 cm³/mol. The molecule has 0 aliphatic carbocycles. The van der Waals surface area contributed by atoms with Crippen LogP contribution in [0.4, 0.5) is 0 Å². The van der Waals surface area contributed by atoms with Crippen LogP contribution in [0.15, 0.2) is 12.1 Å². The SMILES string of the molecule is Cc1ccc([C@@H](C)NC[C@@]2(O)CCOC2)s1. The summed E-state index contributed by atoms with van der Waals surface area (Å²) in [5.74, 6) is 0. The summed E-state index contributed by atoms with van der Waals surface area (Å²) in [6.07, 6.45) is 0.732. The summed E-state index contributed by atoms with van der Waals surface area (Å²) in [5, 5.41) is 13.5. The Morgan fingerprint density at radius 2 is 2.44 bits per heavy atom. The summed E-state index contributed by atoms with van der Waals surface area (Å²) in [6, 6.07) is 4.57. The first-order valence-corrected chi connectivity index (χ1v) is 6.51. The lowest BCUT2D eigenvalue weighted by Crippen LogP contribution is -2.41. The second-order valence-electron chi connectivity index (χ2n) is 4.58. The average molecular weight is 241 g/mol. The molecule has 0 unspecified atom stereocenters. The van der Waals surface area contributed by atoms with Crippen molar-refractivity contribution in [1.29, 1.82) is 0 Å². The molecule has 2 atom stereocenters. The van der Waals surface area contributed by atoms with Gasteiger partial charge in [-0.3, -0.25) is 0 Å². The van der Waals surface area contributed by atoms with Gasteiger partial charge in [-0.2, -0.15) is 0 Å². The van der Waals surface area contributed by atoms with Crippen molar-refractivity contribution in [3.63, 3.8) is 0 Å². The lowest BCUT2D eigenvalue weighted by Gasteiger charge is -2.23. The molecule has 0 saturated carbocycles. The van der Waals surface area contributed by atoms with Crippen molar-refractivity contribution in [3.05, 3.63) is 21.9 Å². The van der Waals surface area contributed by atoms with E-state index >= 15 is 0 Å². The average Bonchev–Trinajstić information content (AvgIpc) is 2.85. The van der Waals surface area contributed by atoms with Crippen LogP contribution >= 0.6 is 11.3 Å². The number of hydrogen-bond acceptors (Lipinski definition) is 4. The molecule has 0 bridgehead atoms. The molecule has 16 heavy (non-hydrogen) atoms. The zero-order valence-corrected chi connectivity index (χ0v) is 10.6. The second-order valence-corrected chi connectivity index (χ2v) is 5.90. The standard InChI is InChI=1S/C12H19NO2S/c1-9-3-4-11(16-9)10(2)13-7-12(14)5-6-15-8-12/h3-4,10,13-14H,5-8H2,1-2H3/t10-,12+/m1/s1. The Hall–Kier alpha value is -0.420. The fourth-order valence-electron chi connectivity index (χ4n) is 1.87. The molecule has 1 aromatic heterocycles. The van der Waals surface area contributed by atoms with Crippen molar-refractivity contribution in [3.8, 4) is 0 Å². The minimum absolute atomic E-state index is 0.295. The van der Waals surface area contributed by atoms with E-state index in [1.807, 2.05) is 0 Å². The maximum absolute atomic E-state index is 10.1. The van der Waals surface area contributed by atoms with E-state index in [0.717, 1.165) is 6.42 Å². The fraction of sp³-hybridized carbons (Fsp3) is 0.667. The summed E-state index contributed by atoms with van der Waals surface area (Å²) < 4.78 is 5.21. The Labute approximate surface area is 100 Å². The third kappa shape index (κ3) is 2.83. The smallest absolute Gasteiger partial charge is 0.103 e. The number of hydrogen-bond donors (Lipinski definition) is 2. The van der Waals surface area contributed by atoms with Crippen molar-refractivity contribution in [1.82, 2.24) is 5.32 Å². The largest absolute Gasteiger partial charge is 0.386 e.